The second-order valence-corrected chi connectivity index (χ2v) is 7.83. The smallest absolute Gasteiger partial charge is 0.325 e. The average molecular weight is 393 g/mol. The number of carbonyl (C=O) groups is 2. The van der Waals surface area contributed by atoms with Crippen molar-refractivity contribution in [3.8, 4) is 0 Å². The molecule has 1 aliphatic heterocycles. The zero-order valence-corrected chi connectivity index (χ0v) is 16.4. The van der Waals surface area contributed by atoms with Gasteiger partial charge in [0.05, 0.1) is 13.0 Å². The highest BCUT2D eigenvalue weighted by molar-refractivity contribution is 7.22. The maximum atomic E-state index is 12.6. The summed E-state index contributed by atoms with van der Waals surface area (Å²) >= 11 is 1.24. The minimum atomic E-state index is -0.516. The van der Waals surface area contributed by atoms with E-state index >= 15 is 0 Å². The molecular weight excluding hydrogens is 370 g/mol. The summed E-state index contributed by atoms with van der Waals surface area (Å²) in [5.41, 5.74) is 0.0372. The quantitative estimate of drug-likeness (QED) is 0.748. The molecule has 1 saturated heterocycles. The van der Waals surface area contributed by atoms with Crippen molar-refractivity contribution in [3.63, 3.8) is 0 Å². The van der Waals surface area contributed by atoms with Crippen molar-refractivity contribution in [2.45, 2.75) is 39.3 Å². The molecule has 0 radical (unpaired) electrons. The van der Waals surface area contributed by atoms with Crippen LogP contribution in [0.15, 0.2) is 11.1 Å². The predicted molar refractivity (Wildman–Crippen MR) is 102 cm³/mol. The number of ether oxygens (including phenoxy) is 1. The van der Waals surface area contributed by atoms with E-state index < -0.39 is 5.97 Å². The molecule has 0 unspecified atom stereocenters. The fraction of sp³-hybridized carbons (Fsp3) is 0.588. The third kappa shape index (κ3) is 4.26. The number of hydrogen-bond acceptors (Lipinski definition) is 8. The molecule has 9 nitrogen and oxygen atoms in total. The number of fused-ring (bicyclic) bond motifs is 1. The molecule has 0 bridgehead atoms. The second kappa shape index (κ2) is 8.03. The van der Waals surface area contributed by atoms with Crippen molar-refractivity contribution in [1.29, 1.82) is 0 Å². The Morgan fingerprint density at radius 2 is 2.22 bits per heavy atom. The summed E-state index contributed by atoms with van der Waals surface area (Å²) in [5, 5.41) is 3.63. The maximum absolute atomic E-state index is 12.6. The van der Waals surface area contributed by atoms with Gasteiger partial charge in [-0.15, -0.1) is 0 Å². The van der Waals surface area contributed by atoms with Crippen molar-refractivity contribution in [3.05, 3.63) is 16.7 Å². The van der Waals surface area contributed by atoms with Gasteiger partial charge in [-0.3, -0.25) is 19.0 Å². The van der Waals surface area contributed by atoms with Gasteiger partial charge in [-0.25, -0.2) is 4.98 Å². The lowest BCUT2D eigenvalue weighted by molar-refractivity contribution is -0.141. The molecule has 10 heteroatoms. The van der Waals surface area contributed by atoms with Gasteiger partial charge < -0.3 is 15.0 Å². The van der Waals surface area contributed by atoms with E-state index in [0.29, 0.717) is 22.0 Å². The fourth-order valence-corrected chi connectivity index (χ4v) is 4.06. The SMILES string of the molecule is COC(=O)Cn1cnc2nc(N3CCC[C@@H](C(=O)NC(C)C)C3)sc2c1=O. The van der Waals surface area contributed by atoms with Crippen molar-refractivity contribution in [2.24, 2.45) is 5.92 Å². The zero-order valence-electron chi connectivity index (χ0n) is 15.6. The Labute approximate surface area is 160 Å². The lowest BCUT2D eigenvalue weighted by Crippen LogP contribution is -2.44. The van der Waals surface area contributed by atoms with Crippen LogP contribution < -0.4 is 15.8 Å². The molecule has 0 aromatic carbocycles. The number of amides is 1. The van der Waals surface area contributed by atoms with Crippen molar-refractivity contribution >= 4 is 38.7 Å². The summed E-state index contributed by atoms with van der Waals surface area (Å²) in [6, 6.07) is 0.104. The zero-order chi connectivity index (χ0) is 19.6. The summed E-state index contributed by atoms with van der Waals surface area (Å²) in [7, 11) is 1.27. The number of methoxy groups -OCH3 is 1. The lowest BCUT2D eigenvalue weighted by Gasteiger charge is -2.32. The maximum Gasteiger partial charge on any atom is 0.325 e. The Bertz CT molecular complexity index is 906. The molecule has 27 heavy (non-hydrogen) atoms. The van der Waals surface area contributed by atoms with Gasteiger partial charge in [-0.2, -0.15) is 4.98 Å². The molecule has 3 heterocycles. The van der Waals surface area contributed by atoms with Crippen LogP contribution >= 0.6 is 11.3 Å². The van der Waals surface area contributed by atoms with Gasteiger partial charge in [0.2, 0.25) is 5.91 Å². The molecule has 3 rings (SSSR count). The van der Waals surface area contributed by atoms with Gasteiger partial charge in [-0.05, 0) is 26.7 Å². The van der Waals surface area contributed by atoms with Crippen LogP contribution in [-0.2, 0) is 20.9 Å². The first-order chi connectivity index (χ1) is 12.9. The van der Waals surface area contributed by atoms with Crippen molar-refractivity contribution in [2.75, 3.05) is 25.1 Å². The number of aromatic nitrogens is 3. The highest BCUT2D eigenvalue weighted by Crippen LogP contribution is 2.29. The minimum absolute atomic E-state index is 0.0503. The monoisotopic (exact) mass is 393 g/mol. The van der Waals surface area contributed by atoms with E-state index in [4.69, 9.17) is 0 Å². The molecular formula is C17H23N5O4S. The standard InChI is InChI=1S/C17H23N5O4S/c1-10(2)19-15(24)11-5-4-6-21(7-11)17-20-14-13(27-17)16(25)22(9-18-14)8-12(23)26-3/h9-11H,4-8H2,1-3H3,(H,19,24)/t11-/m1/s1. The molecule has 1 amide bonds. The van der Waals surface area contributed by atoms with E-state index in [1.165, 1.54) is 29.3 Å². The molecule has 0 saturated carbocycles. The summed E-state index contributed by atoms with van der Waals surface area (Å²) in [5.74, 6) is -0.565. The van der Waals surface area contributed by atoms with Gasteiger partial charge in [0.25, 0.3) is 5.56 Å². The Hall–Kier alpha value is -2.49. The first-order valence-corrected chi connectivity index (χ1v) is 9.68. The Morgan fingerprint density at radius 1 is 1.44 bits per heavy atom. The third-order valence-corrected chi connectivity index (χ3v) is 5.49. The van der Waals surface area contributed by atoms with E-state index in [1.807, 2.05) is 18.7 Å². The molecule has 146 valence electrons. The second-order valence-electron chi connectivity index (χ2n) is 6.85. The molecule has 1 N–H and O–H groups in total. The number of rotatable bonds is 5. The fourth-order valence-electron chi connectivity index (χ4n) is 3.05. The number of nitrogens with zero attached hydrogens (tertiary/aromatic N) is 4. The lowest BCUT2D eigenvalue weighted by atomic mass is 9.97. The minimum Gasteiger partial charge on any atom is -0.468 e. The van der Waals surface area contributed by atoms with E-state index in [2.05, 4.69) is 20.0 Å². The number of nitrogens with one attached hydrogen (secondary N) is 1. The van der Waals surface area contributed by atoms with Crippen molar-refractivity contribution < 1.29 is 14.3 Å². The van der Waals surface area contributed by atoms with E-state index in [0.717, 1.165) is 19.4 Å². The van der Waals surface area contributed by atoms with Gasteiger partial charge in [0, 0.05) is 19.1 Å². The number of carbonyl (C=O) groups excluding carboxylic acids is 2. The van der Waals surface area contributed by atoms with Gasteiger partial charge in [0.15, 0.2) is 10.8 Å². The number of esters is 1. The van der Waals surface area contributed by atoms with Crippen molar-refractivity contribution in [1.82, 2.24) is 19.9 Å². The first-order valence-electron chi connectivity index (χ1n) is 8.87. The average Bonchev–Trinajstić information content (AvgIpc) is 3.08. The molecule has 1 aliphatic rings. The molecule has 2 aromatic heterocycles. The van der Waals surface area contributed by atoms with Gasteiger partial charge in [-0.1, -0.05) is 11.3 Å². The molecule has 1 fully saturated rings. The largest absolute Gasteiger partial charge is 0.468 e. The highest BCUT2D eigenvalue weighted by atomic mass is 32.1. The first kappa shape index (κ1) is 19.3. The Balaban J connectivity index is 1.82. The number of anilines is 1. The third-order valence-electron chi connectivity index (χ3n) is 4.39. The Kier molecular flexibility index (Phi) is 5.73. The summed E-state index contributed by atoms with van der Waals surface area (Å²) in [6.07, 6.45) is 3.02. The number of hydrogen-bond donors (Lipinski definition) is 1. The van der Waals surface area contributed by atoms with Gasteiger partial charge in [0.1, 0.15) is 17.6 Å². The number of piperidine rings is 1. The van der Waals surface area contributed by atoms with Crippen LogP contribution in [0.4, 0.5) is 5.13 Å². The predicted octanol–water partition coefficient (Wildman–Crippen LogP) is 0.767. The normalized spacial score (nSPS) is 17.3. The van der Waals surface area contributed by atoms with E-state index in [1.54, 1.807) is 0 Å². The topological polar surface area (TPSA) is 106 Å². The Morgan fingerprint density at radius 3 is 2.93 bits per heavy atom. The van der Waals surface area contributed by atoms with Crippen LogP contribution in [0.3, 0.4) is 0 Å². The van der Waals surface area contributed by atoms with Crippen LogP contribution in [0.1, 0.15) is 26.7 Å². The summed E-state index contributed by atoms with van der Waals surface area (Å²) < 4.78 is 6.21. The van der Waals surface area contributed by atoms with Crippen LogP contribution in [0, 0.1) is 5.92 Å². The summed E-state index contributed by atoms with van der Waals surface area (Å²) in [6.45, 7) is 5.04. The molecule has 0 spiro atoms. The molecule has 2 aromatic rings. The van der Waals surface area contributed by atoms with Gasteiger partial charge >= 0.3 is 5.97 Å². The number of thiazole rings is 1. The molecule has 1 atom stereocenters. The van der Waals surface area contributed by atoms with Crippen LogP contribution in [-0.4, -0.2) is 52.7 Å². The highest BCUT2D eigenvalue weighted by Gasteiger charge is 2.28. The van der Waals surface area contributed by atoms with Crippen LogP contribution in [0.5, 0.6) is 0 Å². The van der Waals surface area contributed by atoms with E-state index in [-0.39, 0.29) is 30.0 Å². The summed E-state index contributed by atoms with van der Waals surface area (Å²) in [4.78, 5) is 47.0. The van der Waals surface area contributed by atoms with E-state index in [9.17, 15) is 14.4 Å². The van der Waals surface area contributed by atoms with Crippen LogP contribution in [0.25, 0.3) is 10.3 Å². The van der Waals surface area contributed by atoms with Crippen LogP contribution in [0.2, 0.25) is 0 Å². The molecule has 0 aliphatic carbocycles.